The number of hydrogen-bond acceptors (Lipinski definition) is 4. The molecule has 0 unspecified atom stereocenters. The Bertz CT molecular complexity index is 525. The fourth-order valence-electron chi connectivity index (χ4n) is 1.55. The molecule has 2 aromatic rings. The van der Waals surface area contributed by atoms with E-state index in [1.165, 1.54) is 9.75 Å². The molecule has 84 valence electrons. The predicted octanol–water partition coefficient (Wildman–Crippen LogP) is 3.32. The molecule has 5 heteroatoms. The maximum absolute atomic E-state index is 5.86. The van der Waals surface area contributed by atoms with E-state index in [9.17, 15) is 0 Å². The molecule has 0 fully saturated rings. The van der Waals surface area contributed by atoms with Crippen molar-refractivity contribution in [2.75, 3.05) is 5.73 Å². The Labute approximate surface area is 112 Å². The highest BCUT2D eigenvalue weighted by atomic mass is 127. The first-order valence-corrected chi connectivity index (χ1v) is 6.75. The Hall–Kier alpha value is -0.690. The lowest BCUT2D eigenvalue weighted by Gasteiger charge is -2.05. The van der Waals surface area contributed by atoms with Gasteiger partial charge in [-0.3, -0.25) is 0 Å². The molecule has 2 heterocycles. The van der Waals surface area contributed by atoms with Crippen LogP contribution in [0.1, 0.15) is 15.4 Å². The average molecular weight is 345 g/mol. The van der Waals surface area contributed by atoms with Crippen LogP contribution in [-0.4, -0.2) is 9.97 Å². The number of rotatable bonds is 1. The van der Waals surface area contributed by atoms with Gasteiger partial charge < -0.3 is 5.73 Å². The highest BCUT2D eigenvalue weighted by molar-refractivity contribution is 14.1. The summed E-state index contributed by atoms with van der Waals surface area (Å²) in [7, 11) is 0. The second kappa shape index (κ2) is 4.29. The van der Waals surface area contributed by atoms with Crippen LogP contribution in [-0.2, 0) is 0 Å². The zero-order valence-corrected chi connectivity index (χ0v) is 12.3. The van der Waals surface area contributed by atoms with Gasteiger partial charge in [-0.05, 0) is 49.4 Å². The van der Waals surface area contributed by atoms with Crippen LogP contribution in [0.5, 0.6) is 0 Å². The first-order chi connectivity index (χ1) is 7.49. The molecule has 0 bridgehead atoms. The van der Waals surface area contributed by atoms with E-state index in [2.05, 4.69) is 52.5 Å². The van der Waals surface area contributed by atoms with Gasteiger partial charge in [0.25, 0.3) is 0 Å². The minimum absolute atomic E-state index is 0.561. The van der Waals surface area contributed by atoms with Gasteiger partial charge in [-0.2, -0.15) is 0 Å². The molecule has 0 aliphatic heterocycles. The lowest BCUT2D eigenvalue weighted by Crippen LogP contribution is -2.02. The molecule has 0 amide bonds. The largest absolute Gasteiger partial charge is 0.383 e. The van der Waals surface area contributed by atoms with Crippen LogP contribution in [0.15, 0.2) is 6.07 Å². The third-order valence-electron chi connectivity index (χ3n) is 2.32. The minimum Gasteiger partial charge on any atom is -0.383 e. The molecule has 0 radical (unpaired) electrons. The number of aryl methyl sites for hydroxylation is 3. The summed E-state index contributed by atoms with van der Waals surface area (Å²) in [4.78, 5) is 11.3. The van der Waals surface area contributed by atoms with E-state index in [4.69, 9.17) is 5.73 Å². The first-order valence-electron chi connectivity index (χ1n) is 4.86. The summed E-state index contributed by atoms with van der Waals surface area (Å²) in [5.74, 6) is 1.30. The van der Waals surface area contributed by atoms with Gasteiger partial charge in [0.05, 0.1) is 9.26 Å². The molecule has 2 rings (SSSR count). The molecule has 0 atom stereocenters. The van der Waals surface area contributed by atoms with Gasteiger partial charge in [0.15, 0.2) is 5.82 Å². The number of nitrogen functional groups attached to an aromatic ring is 1. The van der Waals surface area contributed by atoms with Crippen LogP contribution >= 0.6 is 33.9 Å². The molecular weight excluding hydrogens is 333 g/mol. The van der Waals surface area contributed by atoms with Gasteiger partial charge in [0, 0.05) is 15.3 Å². The summed E-state index contributed by atoms with van der Waals surface area (Å²) in [6, 6.07) is 2.11. The van der Waals surface area contributed by atoms with Gasteiger partial charge in [-0.1, -0.05) is 0 Å². The summed E-state index contributed by atoms with van der Waals surface area (Å²) in [5.41, 5.74) is 7.89. The van der Waals surface area contributed by atoms with E-state index >= 15 is 0 Å². The van der Waals surface area contributed by atoms with Gasteiger partial charge in [0.2, 0.25) is 0 Å². The van der Waals surface area contributed by atoms with Crippen molar-refractivity contribution < 1.29 is 0 Å². The molecule has 0 aromatic carbocycles. The molecule has 0 saturated heterocycles. The highest BCUT2D eigenvalue weighted by Gasteiger charge is 2.12. The van der Waals surface area contributed by atoms with Crippen LogP contribution in [0, 0.1) is 24.3 Å². The summed E-state index contributed by atoms with van der Waals surface area (Å²) >= 11 is 3.93. The van der Waals surface area contributed by atoms with E-state index in [0.29, 0.717) is 5.82 Å². The van der Waals surface area contributed by atoms with Crippen molar-refractivity contribution in [1.82, 2.24) is 9.97 Å². The van der Waals surface area contributed by atoms with Gasteiger partial charge >= 0.3 is 0 Å². The maximum atomic E-state index is 5.86. The average Bonchev–Trinajstić information content (AvgIpc) is 2.53. The van der Waals surface area contributed by atoms with Crippen LogP contribution in [0.2, 0.25) is 0 Å². The summed E-state index contributed by atoms with van der Waals surface area (Å²) < 4.78 is 0.936. The Balaban J connectivity index is 2.61. The second-order valence-electron chi connectivity index (χ2n) is 3.66. The summed E-state index contributed by atoms with van der Waals surface area (Å²) in [5, 5.41) is 0. The Kier molecular flexibility index (Phi) is 3.16. The topological polar surface area (TPSA) is 51.8 Å². The second-order valence-corrected chi connectivity index (χ2v) is 6.20. The zero-order chi connectivity index (χ0) is 11.9. The van der Waals surface area contributed by atoms with Crippen molar-refractivity contribution in [3.05, 3.63) is 25.1 Å². The van der Waals surface area contributed by atoms with Crippen LogP contribution < -0.4 is 5.73 Å². The number of thiophene rings is 1. The fraction of sp³-hybridized carbons (Fsp3) is 0.273. The lowest BCUT2D eigenvalue weighted by molar-refractivity contribution is 1.10. The molecule has 2 aromatic heterocycles. The number of nitrogens with two attached hydrogens (primary N) is 1. The van der Waals surface area contributed by atoms with Crippen molar-refractivity contribution in [2.45, 2.75) is 20.8 Å². The van der Waals surface area contributed by atoms with Crippen LogP contribution in [0.4, 0.5) is 5.82 Å². The van der Waals surface area contributed by atoms with E-state index in [1.54, 1.807) is 11.3 Å². The zero-order valence-electron chi connectivity index (χ0n) is 9.34. The quantitative estimate of drug-likeness (QED) is 0.807. The summed E-state index contributed by atoms with van der Waals surface area (Å²) in [6.07, 6.45) is 0. The van der Waals surface area contributed by atoms with Crippen molar-refractivity contribution in [1.29, 1.82) is 0 Å². The number of anilines is 1. The molecule has 16 heavy (non-hydrogen) atoms. The normalized spacial score (nSPS) is 10.8. The molecule has 0 aliphatic rings. The number of aromatic nitrogens is 2. The molecular formula is C11H12IN3S. The van der Waals surface area contributed by atoms with Gasteiger partial charge in [0.1, 0.15) is 5.82 Å². The standard InChI is InChI=1S/C11H12IN3S/c1-5-4-8(7(3)16-5)11-14-6(2)9(12)10(13)15-11/h4H,1-3H3,(H2,13,14,15). The molecule has 3 nitrogen and oxygen atoms in total. The Morgan fingerprint density at radius 2 is 1.94 bits per heavy atom. The van der Waals surface area contributed by atoms with Crippen LogP contribution in [0.3, 0.4) is 0 Å². The molecule has 0 saturated carbocycles. The lowest BCUT2D eigenvalue weighted by atomic mass is 10.2. The number of hydrogen-bond donors (Lipinski definition) is 1. The third kappa shape index (κ3) is 2.06. The van der Waals surface area contributed by atoms with Crippen LogP contribution in [0.25, 0.3) is 11.4 Å². The molecule has 0 aliphatic carbocycles. The predicted molar refractivity (Wildman–Crippen MR) is 76.7 cm³/mol. The van der Waals surface area contributed by atoms with Gasteiger partial charge in [-0.25, -0.2) is 9.97 Å². The maximum Gasteiger partial charge on any atom is 0.162 e. The van der Waals surface area contributed by atoms with Crippen molar-refractivity contribution in [3.63, 3.8) is 0 Å². The number of halogens is 1. The molecule has 0 spiro atoms. The number of nitrogens with zero attached hydrogens (tertiary/aromatic N) is 2. The van der Waals surface area contributed by atoms with Crippen molar-refractivity contribution in [2.24, 2.45) is 0 Å². The minimum atomic E-state index is 0.561. The van der Waals surface area contributed by atoms with Crippen molar-refractivity contribution >= 4 is 39.7 Å². The summed E-state index contributed by atoms with van der Waals surface area (Å²) in [6.45, 7) is 6.13. The monoisotopic (exact) mass is 345 g/mol. The van der Waals surface area contributed by atoms with Gasteiger partial charge in [-0.15, -0.1) is 11.3 Å². The van der Waals surface area contributed by atoms with E-state index in [1.807, 2.05) is 6.92 Å². The molecule has 2 N–H and O–H groups in total. The third-order valence-corrected chi connectivity index (χ3v) is 4.62. The van der Waals surface area contributed by atoms with E-state index < -0.39 is 0 Å². The SMILES string of the molecule is Cc1cc(-c2nc(C)c(I)c(N)n2)c(C)s1. The van der Waals surface area contributed by atoms with E-state index in [0.717, 1.165) is 20.7 Å². The van der Waals surface area contributed by atoms with E-state index in [-0.39, 0.29) is 0 Å². The Morgan fingerprint density at radius 1 is 1.25 bits per heavy atom. The first kappa shape index (κ1) is 11.8. The fourth-order valence-corrected chi connectivity index (χ4v) is 2.72. The smallest absolute Gasteiger partial charge is 0.162 e. The highest BCUT2D eigenvalue weighted by Crippen LogP contribution is 2.29. The van der Waals surface area contributed by atoms with Crippen molar-refractivity contribution in [3.8, 4) is 11.4 Å². The Morgan fingerprint density at radius 3 is 2.44 bits per heavy atom.